The van der Waals surface area contributed by atoms with Crippen LogP contribution in [0.4, 0.5) is 0 Å². The van der Waals surface area contributed by atoms with Gasteiger partial charge in [0.25, 0.3) is 10.0 Å². The Hall–Kier alpha value is -2.17. The molecule has 2 fully saturated rings. The Morgan fingerprint density at radius 3 is 2.69 bits per heavy atom. The third-order valence-electron chi connectivity index (χ3n) is 5.81. The highest BCUT2D eigenvalue weighted by Gasteiger charge is 2.37. The highest BCUT2D eigenvalue weighted by molar-refractivity contribution is 7.89. The van der Waals surface area contributed by atoms with E-state index in [4.69, 9.17) is 4.42 Å². The molecular formula is C19H27N5O4S. The van der Waals surface area contributed by atoms with Crippen LogP contribution in [-0.4, -0.2) is 84.4 Å². The molecule has 0 aromatic carbocycles. The van der Waals surface area contributed by atoms with Crippen molar-refractivity contribution in [1.82, 2.24) is 24.3 Å². The number of aromatic amines is 1. The molecule has 4 heterocycles. The van der Waals surface area contributed by atoms with Crippen LogP contribution in [0.25, 0.3) is 11.5 Å². The number of hydrogen-bond acceptors (Lipinski definition) is 6. The predicted molar refractivity (Wildman–Crippen MR) is 106 cm³/mol. The summed E-state index contributed by atoms with van der Waals surface area (Å²) >= 11 is 0. The Bertz CT molecular complexity index is 932. The summed E-state index contributed by atoms with van der Waals surface area (Å²) in [7, 11) is -3.79. The maximum Gasteiger partial charge on any atom is 0.276 e. The van der Waals surface area contributed by atoms with Gasteiger partial charge in [0.2, 0.25) is 11.0 Å². The van der Waals surface area contributed by atoms with Crippen molar-refractivity contribution in [2.75, 3.05) is 45.8 Å². The first-order valence-corrected chi connectivity index (χ1v) is 11.5. The van der Waals surface area contributed by atoms with Gasteiger partial charge < -0.3 is 14.2 Å². The third-order valence-corrected chi connectivity index (χ3v) is 7.55. The highest BCUT2D eigenvalue weighted by atomic mass is 32.2. The largest absolute Gasteiger partial charge is 0.442 e. The van der Waals surface area contributed by atoms with E-state index in [2.05, 4.69) is 22.0 Å². The number of nitrogens with zero attached hydrogens (tertiary/aromatic N) is 4. The molecule has 2 aromatic rings. The minimum atomic E-state index is -3.79. The van der Waals surface area contributed by atoms with Gasteiger partial charge in [-0.2, -0.15) is 9.40 Å². The number of sulfonamides is 1. The van der Waals surface area contributed by atoms with E-state index in [1.54, 1.807) is 18.3 Å². The van der Waals surface area contributed by atoms with Crippen molar-refractivity contribution in [3.63, 3.8) is 0 Å². The van der Waals surface area contributed by atoms with Crippen molar-refractivity contribution >= 4 is 15.9 Å². The minimum Gasteiger partial charge on any atom is -0.442 e. The lowest BCUT2D eigenvalue weighted by Crippen LogP contribution is -2.52. The normalized spacial score (nSPS) is 22.1. The molecule has 29 heavy (non-hydrogen) atoms. The number of rotatable bonds is 5. The predicted octanol–water partition coefficient (Wildman–Crippen LogP) is 1.23. The second-order valence-electron chi connectivity index (χ2n) is 7.55. The van der Waals surface area contributed by atoms with Crippen LogP contribution in [-0.2, 0) is 14.8 Å². The molecule has 2 saturated heterocycles. The lowest BCUT2D eigenvalue weighted by molar-refractivity contribution is -0.138. The lowest BCUT2D eigenvalue weighted by atomic mass is 9.98. The summed E-state index contributed by atoms with van der Waals surface area (Å²) in [5.41, 5.74) is 0.615. The zero-order valence-electron chi connectivity index (χ0n) is 16.6. The molecule has 0 radical (unpaired) electrons. The maximum absolute atomic E-state index is 13.1. The van der Waals surface area contributed by atoms with Crippen LogP contribution >= 0.6 is 0 Å². The van der Waals surface area contributed by atoms with Gasteiger partial charge in [-0.05, 0) is 37.6 Å². The molecule has 10 heteroatoms. The fourth-order valence-electron chi connectivity index (χ4n) is 4.03. The van der Waals surface area contributed by atoms with Gasteiger partial charge in [-0.3, -0.25) is 9.89 Å². The van der Waals surface area contributed by atoms with Crippen molar-refractivity contribution in [2.24, 2.45) is 5.92 Å². The molecule has 1 atom stereocenters. The number of piperazine rings is 1. The second kappa shape index (κ2) is 8.29. The smallest absolute Gasteiger partial charge is 0.276 e. The molecule has 2 aromatic heterocycles. The summed E-state index contributed by atoms with van der Waals surface area (Å²) in [6.45, 7) is 6.88. The number of carbonyl (C=O) groups excluding carboxylic acids is 1. The van der Waals surface area contributed by atoms with Gasteiger partial charge in [-0.1, -0.05) is 6.92 Å². The minimum absolute atomic E-state index is 0.0678. The quantitative estimate of drug-likeness (QED) is 0.779. The van der Waals surface area contributed by atoms with E-state index >= 15 is 0 Å². The molecule has 0 aliphatic carbocycles. The van der Waals surface area contributed by atoms with Gasteiger partial charge in [0.1, 0.15) is 5.69 Å². The number of carbonyl (C=O) groups is 1. The molecule has 9 nitrogen and oxygen atoms in total. The number of piperidine rings is 1. The van der Waals surface area contributed by atoms with E-state index < -0.39 is 10.0 Å². The molecule has 0 spiro atoms. The van der Waals surface area contributed by atoms with Crippen LogP contribution in [0.1, 0.15) is 19.8 Å². The molecule has 4 rings (SSSR count). The summed E-state index contributed by atoms with van der Waals surface area (Å²) in [6, 6.07) is 4.78. The molecule has 2 aliphatic heterocycles. The van der Waals surface area contributed by atoms with Crippen LogP contribution in [0, 0.1) is 5.92 Å². The lowest BCUT2D eigenvalue weighted by Gasteiger charge is -2.38. The number of furan rings is 1. The number of amides is 1. The number of likely N-dealkylation sites (N-methyl/N-ethyl adjacent to an activating group) is 1. The Labute approximate surface area is 170 Å². The van der Waals surface area contributed by atoms with Gasteiger partial charge in [0, 0.05) is 45.5 Å². The molecule has 2 aliphatic rings. The van der Waals surface area contributed by atoms with Crippen LogP contribution in [0.5, 0.6) is 0 Å². The Kier molecular flexibility index (Phi) is 5.75. The topological polar surface area (TPSA) is 103 Å². The number of aromatic nitrogens is 2. The number of nitrogens with one attached hydrogen (secondary N) is 1. The van der Waals surface area contributed by atoms with Crippen molar-refractivity contribution in [1.29, 1.82) is 0 Å². The molecule has 0 saturated carbocycles. The molecule has 0 bridgehead atoms. The monoisotopic (exact) mass is 421 g/mol. The van der Waals surface area contributed by atoms with Crippen LogP contribution in [0.3, 0.4) is 0 Å². The molecule has 1 amide bonds. The van der Waals surface area contributed by atoms with E-state index in [9.17, 15) is 13.2 Å². The first-order valence-electron chi connectivity index (χ1n) is 10.1. The van der Waals surface area contributed by atoms with E-state index in [0.29, 0.717) is 37.5 Å². The summed E-state index contributed by atoms with van der Waals surface area (Å²) in [6.07, 6.45) is 2.96. The average Bonchev–Trinajstić information content (AvgIpc) is 3.45. The Balaban J connectivity index is 1.44. The van der Waals surface area contributed by atoms with Crippen molar-refractivity contribution < 1.29 is 17.6 Å². The third kappa shape index (κ3) is 4.10. The van der Waals surface area contributed by atoms with Gasteiger partial charge in [0.15, 0.2) is 5.76 Å². The summed E-state index contributed by atoms with van der Waals surface area (Å²) < 4.78 is 33.1. The fraction of sp³-hybridized carbons (Fsp3) is 0.579. The SMILES string of the molecule is CCN1CCN(C(=O)[C@H]2CCCN(S(=O)(=O)c3ccc(-c4ccn[nH]4)o3)C2)CC1. The molecule has 0 unspecified atom stereocenters. The maximum atomic E-state index is 13.1. The number of hydrogen-bond donors (Lipinski definition) is 1. The van der Waals surface area contributed by atoms with Gasteiger partial charge in [0.05, 0.1) is 5.92 Å². The van der Waals surface area contributed by atoms with Gasteiger partial charge in [-0.15, -0.1) is 0 Å². The Morgan fingerprint density at radius 1 is 1.21 bits per heavy atom. The van der Waals surface area contributed by atoms with E-state index in [0.717, 1.165) is 26.1 Å². The fourth-order valence-corrected chi connectivity index (χ4v) is 5.46. The van der Waals surface area contributed by atoms with Crippen molar-refractivity contribution in [3.05, 3.63) is 24.4 Å². The van der Waals surface area contributed by atoms with Crippen molar-refractivity contribution in [3.8, 4) is 11.5 Å². The highest BCUT2D eigenvalue weighted by Crippen LogP contribution is 2.28. The number of H-pyrrole nitrogens is 1. The van der Waals surface area contributed by atoms with E-state index in [-0.39, 0.29) is 23.5 Å². The average molecular weight is 422 g/mol. The summed E-state index contributed by atoms with van der Waals surface area (Å²) in [5.74, 6) is 0.187. The zero-order chi connectivity index (χ0) is 20.4. The van der Waals surface area contributed by atoms with Gasteiger partial charge >= 0.3 is 0 Å². The second-order valence-corrected chi connectivity index (χ2v) is 9.42. The summed E-state index contributed by atoms with van der Waals surface area (Å²) in [5, 5.41) is 6.51. The standard InChI is InChI=1S/C19H27N5O4S/c1-2-22-10-12-23(13-11-22)19(25)15-4-3-9-24(14-15)29(26,27)18-6-5-17(28-18)16-7-8-20-21-16/h5-8,15H,2-4,9-14H2,1H3,(H,20,21)/t15-/m0/s1. The van der Waals surface area contributed by atoms with E-state index in [1.807, 2.05) is 4.90 Å². The molecule has 158 valence electrons. The first-order chi connectivity index (χ1) is 14.0. The van der Waals surface area contributed by atoms with Gasteiger partial charge in [-0.25, -0.2) is 8.42 Å². The summed E-state index contributed by atoms with van der Waals surface area (Å²) in [4.78, 5) is 17.2. The molecule has 1 N–H and O–H groups in total. The van der Waals surface area contributed by atoms with Crippen LogP contribution < -0.4 is 0 Å². The molecular weight excluding hydrogens is 394 g/mol. The van der Waals surface area contributed by atoms with Crippen molar-refractivity contribution in [2.45, 2.75) is 24.9 Å². The van der Waals surface area contributed by atoms with Crippen LogP contribution in [0.2, 0.25) is 0 Å². The Morgan fingerprint density at radius 2 is 2.00 bits per heavy atom. The van der Waals surface area contributed by atoms with Crippen LogP contribution in [0.15, 0.2) is 33.9 Å². The zero-order valence-corrected chi connectivity index (χ0v) is 17.4. The first kappa shape index (κ1) is 20.1. The van der Waals surface area contributed by atoms with E-state index in [1.165, 1.54) is 10.4 Å².